The molecule has 0 spiro atoms. The second-order valence-corrected chi connectivity index (χ2v) is 19.7. The van der Waals surface area contributed by atoms with Gasteiger partial charge in [0, 0.05) is 25.4 Å². The van der Waals surface area contributed by atoms with Gasteiger partial charge in [0.1, 0.15) is 35.3 Å². The molecule has 8 rings (SSSR count). The minimum atomic E-state index is -1.95. The first-order valence-corrected chi connectivity index (χ1v) is 24.1. The van der Waals surface area contributed by atoms with Gasteiger partial charge in [0.2, 0.25) is 0 Å². The molecule has 3 aromatic rings. The van der Waals surface area contributed by atoms with Crippen LogP contribution in [0.3, 0.4) is 0 Å². The number of halogens is 1. The molecule has 2 amide bonds. The number of carboxylic acid groups (broad SMARTS) is 1. The summed E-state index contributed by atoms with van der Waals surface area (Å²) < 4.78 is 33.2. The van der Waals surface area contributed by atoms with Crippen molar-refractivity contribution in [3.05, 3.63) is 71.2 Å². The Hall–Kier alpha value is -5.47. The third kappa shape index (κ3) is 10.7. The van der Waals surface area contributed by atoms with Crippen LogP contribution in [-0.2, 0) is 9.53 Å². The Balaban J connectivity index is 1.01. The standard InChI is InChI=1S/C50H69FN8O10/c1-28(2)35-24-31(48(64)58(4)18-10-17-57(3)16-8-7-11-34(55-52)26-53-47-43(51)45(62)44(61)41(27-60)69-47)14-15-37(35)59-38(42-39(67-5)12-9-13-40(42)68-6)25-36(56-59)46(63)54-50(49(65)66)32-20-29-19-30(22-32)23-33(50)21-29/h9,12-15,24-26,28-30,32-33,41,43-45,47,52-53,60-62H,7-8,10-11,16-23,27H2,1-6H3,(H,54,63)(H,65,66)/b34-26-,55-52?/t29?,30?,32?,33?,41-,43?,44-,45?,47-,50?/m1/s1. The van der Waals surface area contributed by atoms with E-state index in [1.54, 1.807) is 61.2 Å². The number of aliphatic hydroxyl groups is 3. The molecule has 4 aliphatic carbocycles. The molecule has 4 bridgehead atoms. The number of aliphatic carboxylic acids is 1. The van der Waals surface area contributed by atoms with Gasteiger partial charge in [0.25, 0.3) is 11.8 Å². The normalized spacial score (nSPS) is 27.4. The smallest absolute Gasteiger partial charge is 0.330 e. The summed E-state index contributed by atoms with van der Waals surface area (Å²) in [6, 6.07) is 12.5. The first-order chi connectivity index (χ1) is 33.0. The van der Waals surface area contributed by atoms with E-state index in [1.165, 1.54) is 6.20 Å². The van der Waals surface area contributed by atoms with Crippen molar-refractivity contribution in [2.75, 3.05) is 54.6 Å². The highest BCUT2D eigenvalue weighted by molar-refractivity contribution is 5.98. The van der Waals surface area contributed by atoms with Gasteiger partial charge < -0.3 is 55.1 Å². The predicted molar refractivity (Wildman–Crippen MR) is 253 cm³/mol. The molecule has 18 nitrogen and oxygen atoms in total. The number of carboxylic acids is 1. The second-order valence-electron chi connectivity index (χ2n) is 19.7. The molecule has 0 radical (unpaired) electrons. The van der Waals surface area contributed by atoms with Gasteiger partial charge in [0.15, 0.2) is 18.1 Å². The number of hydrogen-bond acceptors (Lipinski definition) is 14. The van der Waals surface area contributed by atoms with Crippen LogP contribution in [0.5, 0.6) is 11.5 Å². The summed E-state index contributed by atoms with van der Waals surface area (Å²) in [7, 11) is 6.87. The molecule has 19 heteroatoms. The van der Waals surface area contributed by atoms with E-state index in [9.17, 15) is 39.2 Å². The molecule has 376 valence electrons. The molecule has 4 saturated carbocycles. The van der Waals surface area contributed by atoms with Gasteiger partial charge in [0.05, 0.1) is 43.5 Å². The molecule has 1 saturated heterocycles. The maximum atomic E-state index is 14.5. The van der Waals surface area contributed by atoms with Crippen molar-refractivity contribution in [2.45, 2.75) is 114 Å². The van der Waals surface area contributed by atoms with E-state index in [0.717, 1.165) is 57.2 Å². The minimum absolute atomic E-state index is 0.0512. The summed E-state index contributed by atoms with van der Waals surface area (Å²) in [5, 5.41) is 54.2. The fourth-order valence-electron chi connectivity index (χ4n) is 11.3. The maximum absolute atomic E-state index is 14.5. The molecule has 2 heterocycles. The molecular formula is C50H69FN8O10. The lowest BCUT2D eigenvalue weighted by molar-refractivity contribution is -0.216. The summed E-state index contributed by atoms with van der Waals surface area (Å²) in [6.07, 6.45) is 0.536. The molecular weight excluding hydrogens is 892 g/mol. The molecule has 5 fully saturated rings. The van der Waals surface area contributed by atoms with Crippen LogP contribution in [0.15, 0.2) is 59.5 Å². The van der Waals surface area contributed by atoms with Crippen LogP contribution in [0.1, 0.15) is 104 Å². The van der Waals surface area contributed by atoms with Crippen LogP contribution in [0, 0.1) is 29.2 Å². The number of aliphatic hydroxyl groups excluding tert-OH is 3. The Morgan fingerprint density at radius 2 is 1.62 bits per heavy atom. The Labute approximate surface area is 402 Å². The molecule has 5 atom stereocenters. The van der Waals surface area contributed by atoms with E-state index in [-0.39, 0.29) is 29.4 Å². The highest BCUT2D eigenvalue weighted by Gasteiger charge is 2.62. The average molecular weight is 961 g/mol. The van der Waals surface area contributed by atoms with Crippen molar-refractivity contribution < 1.29 is 53.4 Å². The second kappa shape index (κ2) is 22.1. The van der Waals surface area contributed by atoms with Crippen molar-refractivity contribution in [3.63, 3.8) is 0 Å². The molecule has 1 aromatic heterocycles. The van der Waals surface area contributed by atoms with E-state index in [0.29, 0.717) is 77.3 Å². The summed E-state index contributed by atoms with van der Waals surface area (Å²) in [5.74, 6) is -0.119. The molecule has 2 unspecified atom stereocenters. The highest BCUT2D eigenvalue weighted by Crippen LogP contribution is 2.58. The fraction of sp³-hybridized carbons (Fsp3) is 0.600. The molecule has 7 N–H and O–H groups in total. The quantitative estimate of drug-likeness (QED) is 0.0487. The van der Waals surface area contributed by atoms with Gasteiger partial charge in [-0.25, -0.2) is 19.4 Å². The third-order valence-corrected chi connectivity index (χ3v) is 14.9. The number of nitrogens with one attached hydrogen (secondary N) is 3. The molecule has 5 aliphatic rings. The fourth-order valence-corrected chi connectivity index (χ4v) is 11.3. The van der Waals surface area contributed by atoms with E-state index < -0.39 is 54.7 Å². The summed E-state index contributed by atoms with van der Waals surface area (Å²) in [6.45, 7) is 5.41. The van der Waals surface area contributed by atoms with Crippen molar-refractivity contribution in [2.24, 2.45) is 28.8 Å². The highest BCUT2D eigenvalue weighted by atomic mass is 19.1. The summed E-state index contributed by atoms with van der Waals surface area (Å²) in [4.78, 5) is 45.5. The topological polar surface area (TPSA) is 244 Å². The lowest BCUT2D eigenvalue weighted by atomic mass is 9.48. The number of carbonyl (C=O) groups excluding carboxylic acids is 2. The predicted octanol–water partition coefficient (Wildman–Crippen LogP) is 5.49. The van der Waals surface area contributed by atoms with Crippen LogP contribution in [0.2, 0.25) is 0 Å². The lowest BCUT2D eigenvalue weighted by Crippen LogP contribution is -2.70. The van der Waals surface area contributed by atoms with Gasteiger partial charge in [-0.15, -0.1) is 0 Å². The number of alkyl halides is 1. The first-order valence-electron chi connectivity index (χ1n) is 24.1. The first kappa shape index (κ1) is 51.4. The van der Waals surface area contributed by atoms with E-state index in [2.05, 4.69) is 20.6 Å². The van der Waals surface area contributed by atoms with Crippen molar-refractivity contribution >= 4 is 17.8 Å². The van der Waals surface area contributed by atoms with E-state index in [4.69, 9.17) is 24.8 Å². The monoisotopic (exact) mass is 961 g/mol. The number of nitrogens with zero attached hydrogens (tertiary/aromatic N) is 5. The number of rotatable bonds is 22. The van der Waals surface area contributed by atoms with Crippen LogP contribution >= 0.6 is 0 Å². The van der Waals surface area contributed by atoms with Crippen LogP contribution in [-0.4, -0.2) is 149 Å². The number of carbonyl (C=O) groups is 3. The van der Waals surface area contributed by atoms with Crippen LogP contribution in [0.4, 0.5) is 4.39 Å². The van der Waals surface area contributed by atoms with E-state index in [1.807, 2.05) is 33.0 Å². The average Bonchev–Trinajstić information content (AvgIpc) is 3.78. The van der Waals surface area contributed by atoms with Crippen molar-refractivity contribution in [1.82, 2.24) is 30.2 Å². The number of aromatic nitrogens is 2. The summed E-state index contributed by atoms with van der Waals surface area (Å²) in [5.41, 5.74) is 9.54. The van der Waals surface area contributed by atoms with Gasteiger partial charge in [-0.1, -0.05) is 19.9 Å². The molecule has 1 aliphatic heterocycles. The zero-order valence-electron chi connectivity index (χ0n) is 40.4. The zero-order valence-corrected chi connectivity index (χ0v) is 40.4. The lowest BCUT2D eigenvalue weighted by Gasteiger charge is -2.59. The number of hydrogen-bond donors (Lipinski definition) is 7. The number of benzene rings is 2. The Morgan fingerprint density at radius 1 is 0.971 bits per heavy atom. The van der Waals surface area contributed by atoms with Crippen molar-refractivity contribution in [3.8, 4) is 28.4 Å². The van der Waals surface area contributed by atoms with Gasteiger partial charge in [-0.3, -0.25) is 9.59 Å². The Kier molecular flexibility index (Phi) is 16.4. The SMILES string of the molecule is COc1cccc(OC)c1-c1cc(C(=O)NC2(C(=O)O)C3CC4CC(C3)CC2C4)nn1-c1ccc(C(=O)N(C)CCCN(C)CCCC/C(=C/N[C@@H]2O[C@H](CO)[C@@H](O)C(O)C2F)N=N)cc1C(C)C. The van der Waals surface area contributed by atoms with Crippen LogP contribution in [0.25, 0.3) is 16.9 Å². The van der Waals surface area contributed by atoms with Crippen molar-refractivity contribution in [1.29, 1.82) is 5.53 Å². The minimum Gasteiger partial charge on any atom is -0.496 e. The van der Waals surface area contributed by atoms with Gasteiger partial charge >= 0.3 is 5.97 Å². The zero-order chi connectivity index (χ0) is 49.7. The number of amides is 2. The maximum Gasteiger partial charge on any atom is 0.330 e. The number of unbranched alkanes of at least 4 members (excludes halogenated alkanes) is 1. The van der Waals surface area contributed by atoms with E-state index >= 15 is 0 Å². The van der Waals surface area contributed by atoms with Crippen LogP contribution < -0.4 is 20.1 Å². The van der Waals surface area contributed by atoms with Gasteiger partial charge in [-0.2, -0.15) is 10.2 Å². The largest absolute Gasteiger partial charge is 0.496 e. The number of allylic oxidation sites excluding steroid dienone is 1. The molecule has 2 aromatic carbocycles. The third-order valence-electron chi connectivity index (χ3n) is 14.9. The number of ether oxygens (including phenoxy) is 3. The Bertz CT molecular complexity index is 2310. The molecule has 69 heavy (non-hydrogen) atoms. The number of methoxy groups -OCH3 is 2. The summed E-state index contributed by atoms with van der Waals surface area (Å²) >= 11 is 0. The Morgan fingerprint density at radius 3 is 2.22 bits per heavy atom. The van der Waals surface area contributed by atoms with Gasteiger partial charge in [-0.05, 0) is 149 Å².